The molecule has 1 fully saturated rings. The second kappa shape index (κ2) is 5.07. The quantitative estimate of drug-likeness (QED) is 0.843. The minimum atomic E-state index is 0.300. The van der Waals surface area contributed by atoms with E-state index in [-0.39, 0.29) is 0 Å². The van der Waals surface area contributed by atoms with Crippen LogP contribution in [0.1, 0.15) is 18.4 Å². The number of rotatable bonds is 1. The van der Waals surface area contributed by atoms with Gasteiger partial charge in [0.25, 0.3) is 0 Å². The molecule has 16 heavy (non-hydrogen) atoms. The molecule has 2 nitrogen and oxygen atoms in total. The van der Waals surface area contributed by atoms with Gasteiger partial charge in [-0.15, -0.1) is 0 Å². The van der Waals surface area contributed by atoms with Crippen LogP contribution in [0.25, 0.3) is 0 Å². The minimum Gasteiger partial charge on any atom is -0.368 e. The smallest absolute Gasteiger partial charge is 0.0655 e. The maximum atomic E-state index is 6.02. The van der Waals surface area contributed by atoms with Crippen molar-refractivity contribution in [2.24, 2.45) is 5.73 Å². The monoisotopic (exact) mass is 346 g/mol. The molecule has 0 spiro atoms. The van der Waals surface area contributed by atoms with Crippen LogP contribution in [0.3, 0.4) is 0 Å². The molecule has 0 amide bonds. The summed E-state index contributed by atoms with van der Waals surface area (Å²) in [6.07, 6.45) is 2.31. The van der Waals surface area contributed by atoms with Gasteiger partial charge in [0.2, 0.25) is 0 Å². The lowest BCUT2D eigenvalue weighted by Crippen LogP contribution is -2.43. The van der Waals surface area contributed by atoms with Crippen LogP contribution in [-0.4, -0.2) is 19.1 Å². The van der Waals surface area contributed by atoms with Crippen LogP contribution in [-0.2, 0) is 0 Å². The van der Waals surface area contributed by atoms with E-state index >= 15 is 0 Å². The van der Waals surface area contributed by atoms with E-state index in [1.54, 1.807) is 0 Å². The first-order chi connectivity index (χ1) is 7.58. The summed E-state index contributed by atoms with van der Waals surface area (Å²) in [6.45, 7) is 4.13. The fourth-order valence-corrected chi connectivity index (χ4v) is 4.12. The molecular formula is C12H16Br2N2. The molecule has 0 aromatic heterocycles. The van der Waals surface area contributed by atoms with Crippen molar-refractivity contribution in [1.82, 2.24) is 0 Å². The predicted molar refractivity (Wildman–Crippen MR) is 76.0 cm³/mol. The molecule has 4 heteroatoms. The first kappa shape index (κ1) is 12.4. The zero-order valence-corrected chi connectivity index (χ0v) is 12.5. The van der Waals surface area contributed by atoms with Crippen LogP contribution in [0.4, 0.5) is 5.69 Å². The molecule has 1 saturated heterocycles. The average molecular weight is 348 g/mol. The van der Waals surface area contributed by atoms with E-state index in [0.29, 0.717) is 6.04 Å². The fraction of sp³-hybridized carbons (Fsp3) is 0.500. The van der Waals surface area contributed by atoms with Gasteiger partial charge in [0.05, 0.1) is 5.69 Å². The molecular weight excluding hydrogens is 332 g/mol. The second-order valence-electron chi connectivity index (χ2n) is 4.43. The highest BCUT2D eigenvalue weighted by Crippen LogP contribution is 2.36. The molecule has 2 N–H and O–H groups in total. The van der Waals surface area contributed by atoms with Gasteiger partial charge in [-0.25, -0.2) is 0 Å². The number of halogens is 2. The third-order valence-electron chi connectivity index (χ3n) is 2.94. The molecule has 1 aromatic rings. The van der Waals surface area contributed by atoms with Gasteiger partial charge in [0, 0.05) is 28.1 Å². The van der Waals surface area contributed by atoms with Gasteiger partial charge in [-0.1, -0.05) is 0 Å². The van der Waals surface area contributed by atoms with Crippen LogP contribution in [0.15, 0.2) is 21.1 Å². The molecule has 1 atom stereocenters. The van der Waals surface area contributed by atoms with E-state index in [4.69, 9.17) is 5.73 Å². The third kappa shape index (κ3) is 2.60. The lowest BCUT2D eigenvalue weighted by molar-refractivity contribution is 0.505. The van der Waals surface area contributed by atoms with Crippen LogP contribution >= 0.6 is 31.9 Å². The van der Waals surface area contributed by atoms with Crippen LogP contribution < -0.4 is 10.6 Å². The first-order valence-corrected chi connectivity index (χ1v) is 7.12. The molecule has 1 aromatic carbocycles. The molecule has 1 unspecified atom stereocenters. The number of nitrogens with two attached hydrogens (primary N) is 1. The highest BCUT2D eigenvalue weighted by Gasteiger charge is 2.20. The summed E-state index contributed by atoms with van der Waals surface area (Å²) >= 11 is 7.28. The maximum absolute atomic E-state index is 6.02. The zero-order valence-electron chi connectivity index (χ0n) is 9.34. The van der Waals surface area contributed by atoms with Crippen molar-refractivity contribution in [3.8, 4) is 0 Å². The number of hydrogen-bond donors (Lipinski definition) is 1. The van der Waals surface area contributed by atoms with E-state index in [9.17, 15) is 0 Å². The Hall–Kier alpha value is -0.0600. The van der Waals surface area contributed by atoms with Crippen molar-refractivity contribution in [2.75, 3.05) is 18.0 Å². The van der Waals surface area contributed by atoms with Crippen molar-refractivity contribution in [3.05, 3.63) is 26.6 Å². The lowest BCUT2D eigenvalue weighted by atomic mass is 10.1. The topological polar surface area (TPSA) is 29.3 Å². The standard InChI is InChI=1S/C12H16Br2N2/c1-8-5-10(13)12(11(14)6-8)16-4-2-3-9(15)7-16/h5-6,9H,2-4,7,15H2,1H3. The fourth-order valence-electron chi connectivity index (χ4n) is 2.21. The molecule has 0 saturated carbocycles. The van der Waals surface area contributed by atoms with Gasteiger partial charge in [0.1, 0.15) is 0 Å². The molecule has 0 aliphatic carbocycles. The third-order valence-corrected chi connectivity index (χ3v) is 4.14. The Kier molecular flexibility index (Phi) is 3.93. The highest BCUT2D eigenvalue weighted by atomic mass is 79.9. The van der Waals surface area contributed by atoms with Gasteiger partial charge >= 0.3 is 0 Å². The van der Waals surface area contributed by atoms with Crippen molar-refractivity contribution in [1.29, 1.82) is 0 Å². The molecule has 1 aliphatic heterocycles. The predicted octanol–water partition coefficient (Wildman–Crippen LogP) is 3.45. The van der Waals surface area contributed by atoms with E-state index in [2.05, 4.69) is 55.8 Å². The van der Waals surface area contributed by atoms with Gasteiger partial charge in [-0.2, -0.15) is 0 Å². The minimum absolute atomic E-state index is 0.300. The van der Waals surface area contributed by atoms with E-state index in [1.165, 1.54) is 17.7 Å². The van der Waals surface area contributed by atoms with Crippen molar-refractivity contribution in [2.45, 2.75) is 25.8 Å². The SMILES string of the molecule is Cc1cc(Br)c(N2CCCC(N)C2)c(Br)c1. The first-order valence-electron chi connectivity index (χ1n) is 5.54. The summed E-state index contributed by atoms with van der Waals surface area (Å²) in [6, 6.07) is 4.61. The van der Waals surface area contributed by atoms with E-state index in [0.717, 1.165) is 28.5 Å². The van der Waals surface area contributed by atoms with Crippen LogP contribution in [0, 0.1) is 6.92 Å². The second-order valence-corrected chi connectivity index (χ2v) is 6.13. The zero-order chi connectivity index (χ0) is 11.7. The van der Waals surface area contributed by atoms with E-state index in [1.807, 2.05) is 0 Å². The average Bonchev–Trinajstić information content (AvgIpc) is 2.15. The number of hydrogen-bond acceptors (Lipinski definition) is 2. The van der Waals surface area contributed by atoms with Crippen LogP contribution in [0.2, 0.25) is 0 Å². The Morgan fingerprint density at radius 2 is 1.94 bits per heavy atom. The van der Waals surface area contributed by atoms with Crippen LogP contribution in [0.5, 0.6) is 0 Å². The Bertz CT molecular complexity index is 370. The summed E-state index contributed by atoms with van der Waals surface area (Å²) in [7, 11) is 0. The molecule has 0 bridgehead atoms. The normalized spacial score (nSPS) is 21.2. The number of nitrogens with zero attached hydrogens (tertiary/aromatic N) is 1. The lowest BCUT2D eigenvalue weighted by Gasteiger charge is -2.34. The van der Waals surface area contributed by atoms with E-state index < -0.39 is 0 Å². The maximum Gasteiger partial charge on any atom is 0.0655 e. The summed E-state index contributed by atoms with van der Waals surface area (Å²) in [5.74, 6) is 0. The van der Waals surface area contributed by atoms with Gasteiger partial charge in [-0.3, -0.25) is 0 Å². The Labute approximate surface area is 113 Å². The Balaban J connectivity index is 2.32. The molecule has 0 radical (unpaired) electrons. The highest BCUT2D eigenvalue weighted by molar-refractivity contribution is 9.11. The van der Waals surface area contributed by atoms with Crippen molar-refractivity contribution < 1.29 is 0 Å². The summed E-state index contributed by atoms with van der Waals surface area (Å²) in [5, 5.41) is 0. The van der Waals surface area contributed by atoms with Gasteiger partial charge < -0.3 is 10.6 Å². The summed E-state index contributed by atoms with van der Waals surface area (Å²) in [5.41, 5.74) is 8.51. The largest absolute Gasteiger partial charge is 0.368 e. The molecule has 88 valence electrons. The van der Waals surface area contributed by atoms with Crippen molar-refractivity contribution in [3.63, 3.8) is 0 Å². The number of anilines is 1. The number of benzene rings is 1. The number of piperidine rings is 1. The summed E-state index contributed by atoms with van der Waals surface area (Å²) < 4.78 is 2.29. The Morgan fingerprint density at radius 3 is 2.50 bits per heavy atom. The van der Waals surface area contributed by atoms with Gasteiger partial charge in [-0.05, 0) is 69.3 Å². The van der Waals surface area contributed by atoms with Crippen molar-refractivity contribution >= 4 is 37.5 Å². The number of aryl methyl sites for hydroxylation is 1. The molecule has 1 aliphatic rings. The molecule has 2 rings (SSSR count). The molecule has 1 heterocycles. The Morgan fingerprint density at radius 1 is 1.31 bits per heavy atom. The van der Waals surface area contributed by atoms with Gasteiger partial charge in [0.15, 0.2) is 0 Å². The summed E-state index contributed by atoms with van der Waals surface area (Å²) in [4.78, 5) is 2.36.